The lowest BCUT2D eigenvalue weighted by Gasteiger charge is -2.34. The first-order valence-electron chi connectivity index (χ1n) is 23.8. The number of anilines is 2. The number of amides is 4. The number of rotatable bonds is 12. The molecule has 4 amide bonds. The van der Waals surface area contributed by atoms with Gasteiger partial charge in [-0.05, 0) is 97.9 Å². The number of carbonyl (C=O) groups excluding carboxylic acids is 4. The van der Waals surface area contributed by atoms with Crippen molar-refractivity contribution < 1.29 is 33.4 Å². The predicted octanol–water partition coefficient (Wildman–Crippen LogP) is 6.84. The molecule has 4 aliphatic rings. The number of nitrogens with zero attached hydrogens (tertiary/aromatic N) is 7. The summed E-state index contributed by atoms with van der Waals surface area (Å²) in [5.41, 5.74) is 6.72. The fourth-order valence-electron chi connectivity index (χ4n) is 10.5. The third-order valence-corrected chi connectivity index (χ3v) is 14.0. The molecular formula is C49H63N11O7. The SMILES string of the molecule is CNC(=O)O[C@H](C(=O)N1CCC[C@H]1c1nc2ccc([C@H]3CC[C@H](c4ccc5nc([C@@H]6CCCN6C(=O)[C@@H](NC(=O)OC)C(C)C)[nH]c5c4)N3c3ccc(N4CCOCC4)nc3)cc2[nH]1)C(C)C. The second-order valence-electron chi connectivity index (χ2n) is 18.8. The second kappa shape index (κ2) is 19.4. The second-order valence-corrected chi connectivity index (χ2v) is 18.8. The molecule has 6 atom stereocenters. The van der Waals surface area contributed by atoms with Crippen molar-refractivity contribution in [1.29, 1.82) is 0 Å². The zero-order valence-electron chi connectivity index (χ0n) is 39.3. The monoisotopic (exact) mass is 917 g/mol. The number of aromatic nitrogens is 5. The van der Waals surface area contributed by atoms with Crippen molar-refractivity contribution in [3.8, 4) is 0 Å². The van der Waals surface area contributed by atoms with Gasteiger partial charge in [0.1, 0.15) is 23.5 Å². The molecule has 5 aromatic rings. The van der Waals surface area contributed by atoms with E-state index in [-0.39, 0.29) is 47.8 Å². The van der Waals surface area contributed by atoms with Crippen LogP contribution in [0.1, 0.15) is 113 Å². The molecule has 0 spiro atoms. The third-order valence-electron chi connectivity index (χ3n) is 14.0. The molecule has 0 radical (unpaired) electrons. The van der Waals surface area contributed by atoms with E-state index in [1.54, 1.807) is 4.90 Å². The molecule has 0 unspecified atom stereocenters. The van der Waals surface area contributed by atoms with Gasteiger partial charge in [0.2, 0.25) is 5.91 Å². The Balaban J connectivity index is 1.01. The molecule has 2 aromatic carbocycles. The number of methoxy groups -OCH3 is 1. The van der Waals surface area contributed by atoms with Gasteiger partial charge in [-0.3, -0.25) is 9.59 Å². The van der Waals surface area contributed by atoms with Crippen molar-refractivity contribution in [3.05, 3.63) is 77.5 Å². The lowest BCUT2D eigenvalue weighted by atomic mass is 10.0. The predicted molar refractivity (Wildman–Crippen MR) is 252 cm³/mol. The maximum Gasteiger partial charge on any atom is 0.407 e. The zero-order valence-corrected chi connectivity index (χ0v) is 39.3. The van der Waals surface area contributed by atoms with Crippen LogP contribution in [0.5, 0.6) is 0 Å². The molecule has 4 aliphatic heterocycles. The number of benzene rings is 2. The Morgan fingerprint density at radius 2 is 1.30 bits per heavy atom. The number of imidazole rings is 2. The minimum Gasteiger partial charge on any atom is -0.453 e. The van der Waals surface area contributed by atoms with Crippen molar-refractivity contribution in [1.82, 2.24) is 45.4 Å². The molecule has 7 heterocycles. The van der Waals surface area contributed by atoms with E-state index in [1.165, 1.54) is 14.2 Å². The Kier molecular flexibility index (Phi) is 13.3. The quantitative estimate of drug-likeness (QED) is 0.102. The number of fused-ring (bicyclic) bond motifs is 2. The maximum absolute atomic E-state index is 13.9. The molecule has 18 heteroatoms. The topological polar surface area (TPSA) is 203 Å². The maximum atomic E-state index is 13.9. The van der Waals surface area contributed by atoms with Crippen LogP contribution in [0.15, 0.2) is 54.7 Å². The number of alkyl carbamates (subject to hydrolysis) is 2. The summed E-state index contributed by atoms with van der Waals surface area (Å²) >= 11 is 0. The van der Waals surface area contributed by atoms with Crippen molar-refractivity contribution in [2.75, 3.05) is 63.4 Å². The van der Waals surface area contributed by atoms with E-state index in [9.17, 15) is 19.2 Å². The van der Waals surface area contributed by atoms with Gasteiger partial charge in [-0.25, -0.2) is 24.5 Å². The van der Waals surface area contributed by atoms with Crippen LogP contribution in [-0.2, 0) is 23.8 Å². The van der Waals surface area contributed by atoms with Gasteiger partial charge in [0.25, 0.3) is 5.91 Å². The van der Waals surface area contributed by atoms with Crippen LogP contribution in [0.2, 0.25) is 0 Å². The molecule has 67 heavy (non-hydrogen) atoms. The number of H-pyrrole nitrogens is 2. The van der Waals surface area contributed by atoms with Crippen molar-refractivity contribution in [3.63, 3.8) is 0 Å². The minimum atomic E-state index is -0.902. The number of morpholine rings is 1. The molecule has 4 saturated heterocycles. The van der Waals surface area contributed by atoms with Crippen LogP contribution in [0.25, 0.3) is 22.1 Å². The van der Waals surface area contributed by atoms with E-state index in [4.69, 9.17) is 29.2 Å². The fourth-order valence-corrected chi connectivity index (χ4v) is 10.5. The highest BCUT2D eigenvalue weighted by molar-refractivity contribution is 5.87. The van der Waals surface area contributed by atoms with Gasteiger partial charge in [-0.15, -0.1) is 0 Å². The first-order chi connectivity index (χ1) is 32.4. The largest absolute Gasteiger partial charge is 0.453 e. The Hall–Kier alpha value is -6.43. The Bertz CT molecular complexity index is 2440. The van der Waals surface area contributed by atoms with Crippen molar-refractivity contribution in [2.24, 2.45) is 11.8 Å². The number of ether oxygens (including phenoxy) is 3. The summed E-state index contributed by atoms with van der Waals surface area (Å²) in [5, 5.41) is 5.21. The molecule has 3 aromatic heterocycles. The Morgan fingerprint density at radius 3 is 1.81 bits per heavy atom. The lowest BCUT2D eigenvalue weighted by Crippen LogP contribution is -2.51. The number of carbonyl (C=O) groups is 4. The standard InChI is InChI=1S/C49H63N11O7/c1-28(2)42(56-49(64)65-6)46(61)58-19-7-9-39(58)44-52-33-14-11-30(25-35(33)54-44)37-16-17-38(60(37)32-13-18-41(51-27-32)57-21-23-66-24-22-57)31-12-15-34-36(26-31)55-45(53-34)40-10-8-20-59(40)47(62)43(29(3)4)67-48(63)50-5/h11-15,18,25-29,37-40,42-43H,7-10,16-17,19-24H2,1-6H3,(H,50,63)(H,52,54)(H,53,55)(H,56,64)/t37-,38-,39+,40+,42+,43+/m1/s1. The molecule has 18 nitrogen and oxygen atoms in total. The van der Waals surface area contributed by atoms with Crippen LogP contribution in [0, 0.1) is 11.8 Å². The lowest BCUT2D eigenvalue weighted by molar-refractivity contribution is -0.143. The summed E-state index contributed by atoms with van der Waals surface area (Å²) in [4.78, 5) is 82.8. The Morgan fingerprint density at radius 1 is 0.716 bits per heavy atom. The molecule has 0 bridgehead atoms. The van der Waals surface area contributed by atoms with E-state index in [0.717, 1.165) is 108 Å². The van der Waals surface area contributed by atoms with Crippen molar-refractivity contribution >= 4 is 57.6 Å². The number of likely N-dealkylation sites (tertiary alicyclic amines) is 2. The van der Waals surface area contributed by atoms with Gasteiger partial charge < -0.3 is 54.4 Å². The van der Waals surface area contributed by atoms with Gasteiger partial charge in [-0.2, -0.15) is 0 Å². The average molecular weight is 918 g/mol. The molecule has 0 saturated carbocycles. The summed E-state index contributed by atoms with van der Waals surface area (Å²) in [6.07, 6.45) is 4.77. The first-order valence-corrected chi connectivity index (χ1v) is 23.8. The number of hydrogen-bond acceptors (Lipinski definition) is 12. The number of pyridine rings is 1. The molecule has 4 fully saturated rings. The normalized spacial score (nSPS) is 22.0. The van der Waals surface area contributed by atoms with Gasteiger partial charge >= 0.3 is 12.2 Å². The number of hydrogen-bond donors (Lipinski definition) is 4. The van der Waals surface area contributed by atoms with E-state index >= 15 is 0 Å². The van der Waals surface area contributed by atoms with Gasteiger partial charge in [0.15, 0.2) is 6.10 Å². The average Bonchev–Trinajstić information content (AvgIpc) is 4.20. The number of aromatic amines is 2. The summed E-state index contributed by atoms with van der Waals surface area (Å²) in [5.74, 6) is 1.69. The van der Waals surface area contributed by atoms with Crippen LogP contribution < -0.4 is 20.4 Å². The summed E-state index contributed by atoms with van der Waals surface area (Å²) in [7, 11) is 2.79. The van der Waals surface area contributed by atoms with E-state index < -0.39 is 24.3 Å². The fraction of sp³-hybridized carbons (Fsp3) is 0.531. The molecule has 4 N–H and O–H groups in total. The summed E-state index contributed by atoms with van der Waals surface area (Å²) in [6.45, 7) is 11.7. The van der Waals surface area contributed by atoms with Crippen LogP contribution in [-0.4, -0.2) is 124 Å². The highest BCUT2D eigenvalue weighted by atomic mass is 16.6. The first kappa shape index (κ1) is 45.7. The smallest absolute Gasteiger partial charge is 0.407 e. The van der Waals surface area contributed by atoms with Crippen molar-refractivity contribution in [2.45, 2.75) is 103 Å². The highest BCUT2D eigenvalue weighted by Gasteiger charge is 2.41. The van der Waals surface area contributed by atoms with Crippen LogP contribution in [0.3, 0.4) is 0 Å². The van der Waals surface area contributed by atoms with E-state index in [0.29, 0.717) is 26.3 Å². The third kappa shape index (κ3) is 9.19. The Labute approximate surface area is 390 Å². The molecular weight excluding hydrogens is 855 g/mol. The zero-order chi connectivity index (χ0) is 46.9. The van der Waals surface area contributed by atoms with Gasteiger partial charge in [0.05, 0.1) is 78.4 Å². The molecule has 0 aliphatic carbocycles. The van der Waals surface area contributed by atoms with Crippen LogP contribution >= 0.6 is 0 Å². The van der Waals surface area contributed by atoms with Crippen LogP contribution in [0.4, 0.5) is 21.1 Å². The van der Waals surface area contributed by atoms with E-state index in [2.05, 4.69) is 78.9 Å². The summed E-state index contributed by atoms with van der Waals surface area (Å²) < 4.78 is 16.0. The van der Waals surface area contributed by atoms with Gasteiger partial charge in [-0.1, -0.05) is 39.8 Å². The summed E-state index contributed by atoms with van der Waals surface area (Å²) in [6, 6.07) is 15.9. The number of nitrogens with one attached hydrogen (secondary N) is 4. The van der Waals surface area contributed by atoms with Gasteiger partial charge in [0, 0.05) is 33.2 Å². The molecule has 356 valence electrons. The highest BCUT2D eigenvalue weighted by Crippen LogP contribution is 2.48. The van der Waals surface area contributed by atoms with E-state index in [1.807, 2.05) is 38.8 Å². The minimum absolute atomic E-state index is 0.00832. The molecule has 9 rings (SSSR count).